The number of anilines is 1. The Morgan fingerprint density at radius 3 is 2.90 bits per heavy atom. The van der Waals surface area contributed by atoms with E-state index in [1.807, 2.05) is 0 Å². The molecule has 0 fully saturated rings. The molecule has 0 aliphatic rings. The van der Waals surface area contributed by atoms with Crippen LogP contribution in [0.4, 0.5) is 5.82 Å². The number of unbranched alkanes of at least 4 members (excludes halogenated alkanes) is 4. The summed E-state index contributed by atoms with van der Waals surface area (Å²) in [6.07, 6.45) is 7.88. The fourth-order valence-corrected chi connectivity index (χ4v) is 1.82. The maximum Gasteiger partial charge on any atom is 0.225 e. The zero-order chi connectivity index (χ0) is 14.6. The van der Waals surface area contributed by atoms with Gasteiger partial charge in [-0.2, -0.15) is 0 Å². The first-order valence-corrected chi connectivity index (χ1v) is 7.21. The molecule has 20 heavy (non-hydrogen) atoms. The SMILES string of the molecule is CCCCCCCC(=O)Nc1cc(C#CCN)ccn1. The first kappa shape index (κ1) is 16.2. The Morgan fingerprint density at radius 1 is 1.35 bits per heavy atom. The molecule has 4 nitrogen and oxygen atoms in total. The molecule has 108 valence electrons. The largest absolute Gasteiger partial charge is 0.320 e. The molecule has 0 spiro atoms. The van der Waals surface area contributed by atoms with Gasteiger partial charge in [-0.3, -0.25) is 4.79 Å². The van der Waals surface area contributed by atoms with Crippen molar-refractivity contribution in [3.8, 4) is 11.8 Å². The van der Waals surface area contributed by atoms with Crippen LogP contribution in [0.3, 0.4) is 0 Å². The van der Waals surface area contributed by atoms with Gasteiger partial charge in [0.25, 0.3) is 0 Å². The average Bonchev–Trinajstić information content (AvgIpc) is 2.45. The van der Waals surface area contributed by atoms with Gasteiger partial charge in [-0.1, -0.05) is 44.4 Å². The van der Waals surface area contributed by atoms with E-state index in [1.165, 1.54) is 19.3 Å². The first-order chi connectivity index (χ1) is 9.76. The quantitative estimate of drug-likeness (QED) is 0.593. The predicted molar refractivity (Wildman–Crippen MR) is 82.2 cm³/mol. The zero-order valence-corrected chi connectivity index (χ0v) is 12.1. The second-order valence-corrected chi connectivity index (χ2v) is 4.65. The lowest BCUT2D eigenvalue weighted by Gasteiger charge is -2.04. The topological polar surface area (TPSA) is 68.0 Å². The van der Waals surface area contributed by atoms with Crippen LogP contribution < -0.4 is 11.1 Å². The van der Waals surface area contributed by atoms with E-state index in [9.17, 15) is 4.79 Å². The van der Waals surface area contributed by atoms with Gasteiger partial charge in [0.15, 0.2) is 0 Å². The third kappa shape index (κ3) is 6.91. The van der Waals surface area contributed by atoms with E-state index in [1.54, 1.807) is 18.3 Å². The minimum atomic E-state index is 0.0120. The fraction of sp³-hybridized carbons (Fsp3) is 0.500. The van der Waals surface area contributed by atoms with Crippen molar-refractivity contribution < 1.29 is 4.79 Å². The smallest absolute Gasteiger partial charge is 0.225 e. The second kappa shape index (κ2) is 9.99. The highest BCUT2D eigenvalue weighted by Gasteiger charge is 2.03. The summed E-state index contributed by atoms with van der Waals surface area (Å²) in [4.78, 5) is 15.9. The summed E-state index contributed by atoms with van der Waals surface area (Å²) in [5, 5.41) is 2.80. The van der Waals surface area contributed by atoms with Gasteiger partial charge in [-0.05, 0) is 18.6 Å². The van der Waals surface area contributed by atoms with E-state index in [4.69, 9.17) is 5.73 Å². The van der Waals surface area contributed by atoms with Crippen molar-refractivity contribution in [2.24, 2.45) is 5.73 Å². The number of nitrogens with two attached hydrogens (primary N) is 1. The lowest BCUT2D eigenvalue weighted by molar-refractivity contribution is -0.116. The van der Waals surface area contributed by atoms with Crippen LogP contribution in [0.5, 0.6) is 0 Å². The van der Waals surface area contributed by atoms with Crippen molar-refractivity contribution in [1.29, 1.82) is 0 Å². The predicted octanol–water partition coefficient (Wildman–Crippen LogP) is 2.69. The third-order valence-corrected chi connectivity index (χ3v) is 2.87. The van der Waals surface area contributed by atoms with E-state index in [0.717, 1.165) is 18.4 Å². The van der Waals surface area contributed by atoms with Gasteiger partial charge >= 0.3 is 0 Å². The zero-order valence-electron chi connectivity index (χ0n) is 12.1. The molecule has 1 aromatic rings. The second-order valence-electron chi connectivity index (χ2n) is 4.65. The summed E-state index contributed by atoms with van der Waals surface area (Å²) < 4.78 is 0. The Bertz CT molecular complexity index is 474. The number of hydrogen-bond donors (Lipinski definition) is 2. The van der Waals surface area contributed by atoms with E-state index in [0.29, 0.717) is 18.8 Å². The maximum absolute atomic E-state index is 11.8. The molecule has 3 N–H and O–H groups in total. The van der Waals surface area contributed by atoms with Crippen LogP contribution in [-0.4, -0.2) is 17.4 Å². The van der Waals surface area contributed by atoms with Crippen LogP contribution in [0.2, 0.25) is 0 Å². The number of nitrogens with one attached hydrogen (secondary N) is 1. The van der Waals surface area contributed by atoms with Crippen LogP contribution >= 0.6 is 0 Å². The lowest BCUT2D eigenvalue weighted by atomic mass is 10.1. The highest BCUT2D eigenvalue weighted by atomic mass is 16.1. The fourth-order valence-electron chi connectivity index (χ4n) is 1.82. The van der Waals surface area contributed by atoms with Crippen LogP contribution in [0.1, 0.15) is 51.0 Å². The minimum Gasteiger partial charge on any atom is -0.320 e. The number of hydrogen-bond acceptors (Lipinski definition) is 3. The van der Waals surface area contributed by atoms with Crippen molar-refractivity contribution in [2.75, 3.05) is 11.9 Å². The lowest BCUT2D eigenvalue weighted by Crippen LogP contribution is -2.12. The molecule has 0 saturated heterocycles. The van der Waals surface area contributed by atoms with E-state index in [2.05, 4.69) is 29.1 Å². The molecule has 0 aromatic carbocycles. The van der Waals surface area contributed by atoms with E-state index >= 15 is 0 Å². The van der Waals surface area contributed by atoms with Gasteiger partial charge in [0.05, 0.1) is 6.54 Å². The summed E-state index contributed by atoms with van der Waals surface area (Å²) in [5.74, 6) is 6.25. The van der Waals surface area contributed by atoms with Crippen LogP contribution in [0, 0.1) is 11.8 Å². The van der Waals surface area contributed by atoms with Gasteiger partial charge in [0.1, 0.15) is 5.82 Å². The molecule has 1 heterocycles. The van der Waals surface area contributed by atoms with Crippen molar-refractivity contribution in [3.63, 3.8) is 0 Å². The Kier molecular flexibility index (Phi) is 8.09. The number of pyridine rings is 1. The Balaban J connectivity index is 2.38. The number of amides is 1. The maximum atomic E-state index is 11.8. The van der Waals surface area contributed by atoms with Crippen LogP contribution in [-0.2, 0) is 4.79 Å². The van der Waals surface area contributed by atoms with Crippen molar-refractivity contribution in [2.45, 2.75) is 45.4 Å². The Labute approximate surface area is 121 Å². The van der Waals surface area contributed by atoms with Crippen LogP contribution in [0.15, 0.2) is 18.3 Å². The molecule has 1 amide bonds. The third-order valence-electron chi connectivity index (χ3n) is 2.87. The standard InChI is InChI=1S/C16H23N3O/c1-2-3-4-5-6-9-16(20)19-15-13-14(8-7-11-17)10-12-18-15/h10,12-13H,2-6,9,11,17H2,1H3,(H,18,19,20). The highest BCUT2D eigenvalue weighted by Crippen LogP contribution is 2.09. The summed E-state index contributed by atoms with van der Waals surface area (Å²) in [6.45, 7) is 2.50. The van der Waals surface area contributed by atoms with E-state index in [-0.39, 0.29) is 5.91 Å². The summed E-state index contributed by atoms with van der Waals surface area (Å²) in [5.41, 5.74) is 6.13. The molecule has 0 unspecified atom stereocenters. The van der Waals surface area contributed by atoms with Gasteiger partial charge in [0, 0.05) is 18.2 Å². The molecule has 1 aromatic heterocycles. The summed E-state index contributed by atoms with van der Waals surface area (Å²) >= 11 is 0. The monoisotopic (exact) mass is 273 g/mol. The van der Waals surface area contributed by atoms with Gasteiger partial charge < -0.3 is 11.1 Å². The number of nitrogens with zero attached hydrogens (tertiary/aromatic N) is 1. The molecule has 0 saturated carbocycles. The normalized spacial score (nSPS) is 9.70. The molecular formula is C16H23N3O. The van der Waals surface area contributed by atoms with Crippen molar-refractivity contribution in [3.05, 3.63) is 23.9 Å². The highest BCUT2D eigenvalue weighted by molar-refractivity contribution is 5.89. The number of carbonyl (C=O) groups is 1. The van der Waals surface area contributed by atoms with Gasteiger partial charge in [-0.15, -0.1) is 0 Å². The van der Waals surface area contributed by atoms with Crippen LogP contribution in [0.25, 0.3) is 0 Å². The molecule has 0 atom stereocenters. The van der Waals surface area contributed by atoms with E-state index < -0.39 is 0 Å². The molecule has 0 radical (unpaired) electrons. The Hall–Kier alpha value is -1.86. The van der Waals surface area contributed by atoms with Crippen molar-refractivity contribution in [1.82, 2.24) is 4.98 Å². The number of aromatic nitrogens is 1. The number of carbonyl (C=O) groups excluding carboxylic acids is 1. The summed E-state index contributed by atoms with van der Waals surface area (Å²) in [7, 11) is 0. The molecule has 4 heteroatoms. The number of rotatable bonds is 7. The van der Waals surface area contributed by atoms with Crippen molar-refractivity contribution >= 4 is 11.7 Å². The minimum absolute atomic E-state index is 0.0120. The molecule has 0 aliphatic carbocycles. The average molecular weight is 273 g/mol. The Morgan fingerprint density at radius 2 is 2.15 bits per heavy atom. The molecule has 1 rings (SSSR count). The van der Waals surface area contributed by atoms with Gasteiger partial charge in [-0.25, -0.2) is 4.98 Å². The molecular weight excluding hydrogens is 250 g/mol. The summed E-state index contributed by atoms with van der Waals surface area (Å²) in [6, 6.07) is 3.56. The van der Waals surface area contributed by atoms with Gasteiger partial charge in [0.2, 0.25) is 5.91 Å². The molecule has 0 aliphatic heterocycles. The molecule has 0 bridgehead atoms. The first-order valence-electron chi connectivity index (χ1n) is 7.21.